The maximum absolute atomic E-state index is 12.6. The highest BCUT2D eigenvalue weighted by Gasteiger charge is 2.35. The van der Waals surface area contributed by atoms with Crippen LogP contribution in [0.4, 0.5) is 0 Å². The molecule has 0 bridgehead atoms. The number of aliphatic hydroxyl groups excluding tert-OH is 1. The minimum atomic E-state index is -0.431. The first kappa shape index (κ1) is 16.0. The van der Waals surface area contributed by atoms with Crippen LogP contribution >= 0.6 is 0 Å². The van der Waals surface area contributed by atoms with Gasteiger partial charge in [0.25, 0.3) is 5.91 Å². The van der Waals surface area contributed by atoms with Crippen molar-refractivity contribution in [2.24, 2.45) is 0 Å². The van der Waals surface area contributed by atoms with Crippen molar-refractivity contribution in [3.8, 4) is 0 Å². The average Bonchev–Trinajstić information content (AvgIpc) is 2.44. The first-order valence-electron chi connectivity index (χ1n) is 7.50. The first-order valence-corrected chi connectivity index (χ1v) is 7.50. The molecule has 2 rings (SSSR count). The van der Waals surface area contributed by atoms with Crippen LogP contribution in [0.2, 0.25) is 0 Å². The van der Waals surface area contributed by atoms with Crippen molar-refractivity contribution in [1.82, 2.24) is 4.90 Å². The van der Waals surface area contributed by atoms with Crippen LogP contribution in [0.5, 0.6) is 0 Å². The zero-order chi connectivity index (χ0) is 15.6. The second-order valence-corrected chi connectivity index (χ2v) is 6.64. The van der Waals surface area contributed by atoms with Gasteiger partial charge in [0.05, 0.1) is 18.3 Å². The van der Waals surface area contributed by atoms with Gasteiger partial charge >= 0.3 is 0 Å². The van der Waals surface area contributed by atoms with Crippen LogP contribution in [0.1, 0.15) is 49.5 Å². The van der Waals surface area contributed by atoms with Crippen LogP contribution < -0.4 is 0 Å². The summed E-state index contributed by atoms with van der Waals surface area (Å²) < 4.78 is 5.75. The van der Waals surface area contributed by atoms with Gasteiger partial charge in [0, 0.05) is 18.7 Å². The van der Waals surface area contributed by atoms with Gasteiger partial charge in [-0.2, -0.15) is 0 Å². The lowest BCUT2D eigenvalue weighted by Gasteiger charge is -2.42. The molecule has 1 N–H and O–H groups in total. The Bertz CT molecular complexity index is 493. The summed E-state index contributed by atoms with van der Waals surface area (Å²) in [5.74, 6) is 0.454. The van der Waals surface area contributed by atoms with Crippen LogP contribution in [0.3, 0.4) is 0 Å². The molecule has 0 aliphatic carbocycles. The van der Waals surface area contributed by atoms with E-state index in [9.17, 15) is 9.90 Å². The van der Waals surface area contributed by atoms with Crippen LogP contribution in [0.25, 0.3) is 0 Å². The molecule has 4 nitrogen and oxygen atoms in total. The lowest BCUT2D eigenvalue weighted by atomic mass is 10.0. The van der Waals surface area contributed by atoms with Gasteiger partial charge in [-0.15, -0.1) is 0 Å². The number of carbonyl (C=O) groups is 1. The molecule has 1 saturated heterocycles. The fourth-order valence-corrected chi connectivity index (χ4v) is 2.74. The minimum absolute atomic E-state index is 0.000121. The Morgan fingerprint density at radius 1 is 1.38 bits per heavy atom. The second kappa shape index (κ2) is 6.16. The zero-order valence-corrected chi connectivity index (χ0v) is 13.3. The molecule has 1 fully saturated rings. The molecular formula is C17H25NO3. The highest BCUT2D eigenvalue weighted by molar-refractivity contribution is 5.94. The number of hydrogen-bond donors (Lipinski definition) is 1. The smallest absolute Gasteiger partial charge is 0.254 e. The molecule has 1 aromatic rings. The minimum Gasteiger partial charge on any atom is -0.394 e. The normalized spacial score (nSPS) is 21.6. The third-order valence-corrected chi connectivity index (χ3v) is 3.80. The lowest BCUT2D eigenvalue weighted by Crippen LogP contribution is -2.55. The Balaban J connectivity index is 2.14. The maximum Gasteiger partial charge on any atom is 0.254 e. The van der Waals surface area contributed by atoms with Crippen molar-refractivity contribution >= 4 is 5.91 Å². The summed E-state index contributed by atoms with van der Waals surface area (Å²) >= 11 is 0. The summed E-state index contributed by atoms with van der Waals surface area (Å²) in [5, 5.41) is 9.33. The molecule has 1 amide bonds. The van der Waals surface area contributed by atoms with E-state index in [-0.39, 0.29) is 18.6 Å². The summed E-state index contributed by atoms with van der Waals surface area (Å²) in [6.45, 7) is 9.05. The van der Waals surface area contributed by atoms with E-state index < -0.39 is 5.60 Å². The highest BCUT2D eigenvalue weighted by Crippen LogP contribution is 2.23. The standard InChI is InChI=1S/C17H25NO3/c1-12(2)13-5-7-14(8-6-13)16(20)18-9-15(10-19)21-17(3,4)11-18/h5-8,12,15,19H,9-11H2,1-4H3. The first-order chi connectivity index (χ1) is 9.82. The topological polar surface area (TPSA) is 49.8 Å². The van der Waals surface area contributed by atoms with E-state index in [1.165, 1.54) is 5.56 Å². The summed E-state index contributed by atoms with van der Waals surface area (Å²) in [6, 6.07) is 7.78. The molecule has 1 aromatic carbocycles. The van der Waals surface area contributed by atoms with Gasteiger partial charge in [-0.3, -0.25) is 4.79 Å². The number of nitrogens with zero attached hydrogens (tertiary/aromatic N) is 1. The van der Waals surface area contributed by atoms with E-state index in [0.717, 1.165) is 0 Å². The van der Waals surface area contributed by atoms with Crippen molar-refractivity contribution in [2.75, 3.05) is 19.7 Å². The molecule has 4 heteroatoms. The number of amides is 1. The largest absolute Gasteiger partial charge is 0.394 e. The quantitative estimate of drug-likeness (QED) is 0.930. The van der Waals surface area contributed by atoms with Crippen molar-refractivity contribution < 1.29 is 14.6 Å². The third-order valence-electron chi connectivity index (χ3n) is 3.80. The Labute approximate surface area is 126 Å². The Morgan fingerprint density at radius 2 is 2.00 bits per heavy atom. The van der Waals surface area contributed by atoms with E-state index in [2.05, 4.69) is 13.8 Å². The van der Waals surface area contributed by atoms with Crippen LogP contribution in [0.15, 0.2) is 24.3 Å². The van der Waals surface area contributed by atoms with Crippen LogP contribution in [-0.2, 0) is 4.74 Å². The Hall–Kier alpha value is -1.39. The van der Waals surface area contributed by atoms with E-state index >= 15 is 0 Å². The summed E-state index contributed by atoms with van der Waals surface area (Å²) in [6.07, 6.45) is -0.312. The molecular weight excluding hydrogens is 266 g/mol. The molecule has 0 aromatic heterocycles. The van der Waals surface area contributed by atoms with Gasteiger partial charge in [-0.1, -0.05) is 26.0 Å². The van der Waals surface area contributed by atoms with Crippen molar-refractivity contribution in [1.29, 1.82) is 0 Å². The monoisotopic (exact) mass is 291 g/mol. The molecule has 1 heterocycles. The molecule has 116 valence electrons. The van der Waals surface area contributed by atoms with Crippen LogP contribution in [0, 0.1) is 0 Å². The fourth-order valence-electron chi connectivity index (χ4n) is 2.74. The van der Waals surface area contributed by atoms with E-state index in [0.29, 0.717) is 24.6 Å². The molecule has 1 aliphatic rings. The molecule has 0 radical (unpaired) electrons. The lowest BCUT2D eigenvalue weighted by molar-refractivity contribution is -0.139. The number of rotatable bonds is 3. The Morgan fingerprint density at radius 3 is 2.52 bits per heavy atom. The van der Waals surface area contributed by atoms with Crippen LogP contribution in [-0.4, -0.2) is 47.3 Å². The molecule has 0 spiro atoms. The highest BCUT2D eigenvalue weighted by atomic mass is 16.5. The molecule has 1 atom stereocenters. The molecule has 21 heavy (non-hydrogen) atoms. The van der Waals surface area contributed by atoms with Crippen molar-refractivity contribution in [3.05, 3.63) is 35.4 Å². The van der Waals surface area contributed by atoms with Gasteiger partial charge in [-0.25, -0.2) is 0 Å². The zero-order valence-electron chi connectivity index (χ0n) is 13.3. The van der Waals surface area contributed by atoms with Gasteiger partial charge in [0.2, 0.25) is 0 Å². The van der Waals surface area contributed by atoms with Crippen molar-refractivity contribution in [3.63, 3.8) is 0 Å². The van der Waals surface area contributed by atoms with Gasteiger partial charge < -0.3 is 14.7 Å². The third kappa shape index (κ3) is 3.83. The average molecular weight is 291 g/mol. The Kier molecular flexibility index (Phi) is 4.69. The maximum atomic E-state index is 12.6. The number of ether oxygens (including phenoxy) is 1. The van der Waals surface area contributed by atoms with E-state index in [1.54, 1.807) is 4.90 Å². The molecule has 1 aliphatic heterocycles. The number of benzene rings is 1. The van der Waals surface area contributed by atoms with E-state index in [1.807, 2.05) is 38.1 Å². The SMILES string of the molecule is CC(C)c1ccc(C(=O)N2CC(CO)OC(C)(C)C2)cc1. The number of hydrogen-bond acceptors (Lipinski definition) is 3. The summed E-state index contributed by atoms with van der Waals surface area (Å²) in [4.78, 5) is 14.4. The predicted molar refractivity (Wildman–Crippen MR) is 82.5 cm³/mol. The fraction of sp³-hybridized carbons (Fsp3) is 0.588. The molecule has 1 unspecified atom stereocenters. The second-order valence-electron chi connectivity index (χ2n) is 6.64. The predicted octanol–water partition coefficient (Wildman–Crippen LogP) is 2.42. The summed E-state index contributed by atoms with van der Waals surface area (Å²) in [5.41, 5.74) is 1.48. The summed E-state index contributed by atoms with van der Waals surface area (Å²) in [7, 11) is 0. The van der Waals surface area contributed by atoms with Gasteiger partial charge in [-0.05, 0) is 37.5 Å². The molecule has 0 saturated carbocycles. The van der Waals surface area contributed by atoms with Gasteiger partial charge in [0.15, 0.2) is 0 Å². The number of morpholine rings is 1. The van der Waals surface area contributed by atoms with E-state index in [4.69, 9.17) is 4.74 Å². The number of aliphatic hydroxyl groups is 1. The van der Waals surface area contributed by atoms with Crippen molar-refractivity contribution in [2.45, 2.75) is 45.3 Å². The van der Waals surface area contributed by atoms with Gasteiger partial charge in [0.1, 0.15) is 0 Å². The number of carbonyl (C=O) groups excluding carboxylic acids is 1.